The van der Waals surface area contributed by atoms with Crippen molar-refractivity contribution in [2.45, 2.75) is 129 Å². The predicted octanol–water partition coefficient (Wildman–Crippen LogP) is 7.93. The minimum absolute atomic E-state index is 0.548. The van der Waals surface area contributed by atoms with Gasteiger partial charge in [0.25, 0.3) is 0 Å². The lowest BCUT2D eigenvalue weighted by Crippen LogP contribution is -2.12. The Morgan fingerprint density at radius 1 is 0.929 bits per heavy atom. The molecule has 4 aromatic rings. The third-order valence-electron chi connectivity index (χ3n) is 9.36. The Labute approximate surface area is 250 Å². The van der Waals surface area contributed by atoms with E-state index in [1.54, 1.807) is 0 Å². The van der Waals surface area contributed by atoms with Crippen LogP contribution in [0, 0.1) is 5.92 Å². The number of nitrogens with zero attached hydrogens (tertiary/aromatic N) is 7. The van der Waals surface area contributed by atoms with Crippen LogP contribution in [0.25, 0.3) is 17.2 Å². The highest BCUT2D eigenvalue weighted by molar-refractivity contribution is 5.63. The van der Waals surface area contributed by atoms with E-state index >= 15 is 0 Å². The Kier molecular flexibility index (Phi) is 9.15. The van der Waals surface area contributed by atoms with Crippen molar-refractivity contribution in [3.63, 3.8) is 0 Å². The molecule has 224 valence electrons. The van der Waals surface area contributed by atoms with E-state index in [0.29, 0.717) is 17.8 Å². The number of aromatic nitrogens is 8. The Balaban J connectivity index is 1.37. The molecule has 2 aliphatic rings. The minimum Gasteiger partial charge on any atom is -0.310 e. The van der Waals surface area contributed by atoms with Gasteiger partial charge in [-0.3, -0.25) is 0 Å². The third kappa shape index (κ3) is 6.37. The second-order valence-electron chi connectivity index (χ2n) is 13.1. The van der Waals surface area contributed by atoms with E-state index in [-0.39, 0.29) is 0 Å². The topological polar surface area (TPSA) is 90.1 Å². The Hall–Kier alpha value is -3.29. The quantitative estimate of drug-likeness (QED) is 0.198. The summed E-state index contributed by atoms with van der Waals surface area (Å²) in [5.41, 5.74) is 6.47. The molecule has 42 heavy (non-hydrogen) atoms. The summed E-state index contributed by atoms with van der Waals surface area (Å²) in [6.45, 7) is 7.45. The molecule has 2 saturated carbocycles. The molecule has 0 amide bonds. The van der Waals surface area contributed by atoms with Gasteiger partial charge >= 0.3 is 0 Å². The van der Waals surface area contributed by atoms with Gasteiger partial charge in [0.05, 0.1) is 12.2 Å². The van der Waals surface area contributed by atoms with Gasteiger partial charge in [-0.05, 0) is 89.6 Å². The molecule has 8 heteroatoms. The standard InChI is InChI=1S/C34H48N8/c1-4-5-16-32-35-31(21-24(2)3)38-41(32)23-25-17-19-28(20-18-25)42-30(27-14-10-7-11-15-27)22-29(26-12-8-6-9-13-26)33(42)34-36-39-40-37-34/h17-20,22,24,26-27H,4-16,21,23H2,1-3H3,(H,36,37,39,40). The van der Waals surface area contributed by atoms with Crippen molar-refractivity contribution in [3.05, 3.63) is 58.8 Å². The Bertz CT molecular complexity index is 1400. The van der Waals surface area contributed by atoms with Gasteiger partial charge in [0, 0.05) is 24.2 Å². The summed E-state index contributed by atoms with van der Waals surface area (Å²) < 4.78 is 4.63. The number of aryl methyl sites for hydroxylation is 1. The summed E-state index contributed by atoms with van der Waals surface area (Å²) in [5, 5.41) is 20.5. The second-order valence-corrected chi connectivity index (χ2v) is 13.1. The molecule has 6 rings (SSSR count). The maximum Gasteiger partial charge on any atom is 0.196 e. The van der Waals surface area contributed by atoms with Crippen LogP contribution in [0.3, 0.4) is 0 Å². The normalized spacial score (nSPS) is 17.0. The van der Waals surface area contributed by atoms with Gasteiger partial charge in [-0.2, -0.15) is 5.10 Å². The number of unbranched alkanes of at least 4 members (excludes halogenated alkanes) is 1. The lowest BCUT2D eigenvalue weighted by molar-refractivity contribution is 0.432. The van der Waals surface area contributed by atoms with Crippen LogP contribution in [0.5, 0.6) is 0 Å². The van der Waals surface area contributed by atoms with Crippen LogP contribution >= 0.6 is 0 Å². The Morgan fingerprint density at radius 2 is 1.64 bits per heavy atom. The number of tetrazole rings is 1. The molecule has 0 radical (unpaired) electrons. The van der Waals surface area contributed by atoms with Gasteiger partial charge in [0.2, 0.25) is 0 Å². The van der Waals surface area contributed by atoms with Crippen LogP contribution in [0.15, 0.2) is 30.3 Å². The van der Waals surface area contributed by atoms with Crippen molar-refractivity contribution in [1.82, 2.24) is 40.0 Å². The van der Waals surface area contributed by atoms with E-state index < -0.39 is 0 Å². The van der Waals surface area contributed by atoms with Gasteiger partial charge < -0.3 is 4.57 Å². The molecule has 0 aliphatic heterocycles. The van der Waals surface area contributed by atoms with E-state index in [9.17, 15) is 0 Å². The molecule has 1 N–H and O–H groups in total. The van der Waals surface area contributed by atoms with Crippen LogP contribution in [-0.2, 0) is 19.4 Å². The average Bonchev–Trinajstić information content (AvgIpc) is 3.76. The lowest BCUT2D eigenvalue weighted by Gasteiger charge is -2.24. The smallest absolute Gasteiger partial charge is 0.196 e. The lowest BCUT2D eigenvalue weighted by atomic mass is 9.82. The zero-order valence-electron chi connectivity index (χ0n) is 25.9. The summed E-state index contributed by atoms with van der Waals surface area (Å²) in [7, 11) is 0. The summed E-state index contributed by atoms with van der Waals surface area (Å²) in [6, 6.07) is 11.7. The van der Waals surface area contributed by atoms with Crippen molar-refractivity contribution in [3.8, 4) is 17.2 Å². The average molecular weight is 569 g/mol. The fourth-order valence-electron chi connectivity index (χ4n) is 7.20. The van der Waals surface area contributed by atoms with Crippen LogP contribution in [0.1, 0.15) is 138 Å². The van der Waals surface area contributed by atoms with E-state index in [2.05, 4.69) is 81.0 Å². The zero-order valence-corrected chi connectivity index (χ0v) is 25.9. The summed E-state index contributed by atoms with van der Waals surface area (Å²) >= 11 is 0. The van der Waals surface area contributed by atoms with Crippen LogP contribution in [-0.4, -0.2) is 40.0 Å². The first-order valence-electron chi connectivity index (χ1n) is 16.6. The third-order valence-corrected chi connectivity index (χ3v) is 9.36. The van der Waals surface area contributed by atoms with Crippen molar-refractivity contribution in [2.75, 3.05) is 0 Å². The molecule has 0 unspecified atom stereocenters. The first-order chi connectivity index (χ1) is 20.6. The first-order valence-corrected chi connectivity index (χ1v) is 16.6. The van der Waals surface area contributed by atoms with Gasteiger partial charge in [-0.1, -0.05) is 77.8 Å². The number of nitrogens with one attached hydrogen (secondary N) is 1. The SMILES string of the molecule is CCCCc1nc(CC(C)C)nn1Cc1ccc(-n2c(C3CCCCC3)cc(C3CCCCC3)c2-c2nnn[nH]2)cc1. The summed E-state index contributed by atoms with van der Waals surface area (Å²) in [5.74, 6) is 4.54. The second kappa shape index (κ2) is 13.3. The van der Waals surface area contributed by atoms with Crippen molar-refractivity contribution in [1.29, 1.82) is 0 Å². The number of rotatable bonds is 11. The largest absolute Gasteiger partial charge is 0.310 e. The number of hydrogen-bond acceptors (Lipinski definition) is 5. The molecular formula is C34H48N8. The van der Waals surface area contributed by atoms with Gasteiger partial charge in [0.1, 0.15) is 5.82 Å². The van der Waals surface area contributed by atoms with Gasteiger partial charge in [-0.25, -0.2) is 14.8 Å². The molecule has 2 aliphatic carbocycles. The number of H-pyrrole nitrogens is 1. The van der Waals surface area contributed by atoms with Crippen molar-refractivity contribution >= 4 is 0 Å². The zero-order chi connectivity index (χ0) is 28.9. The van der Waals surface area contributed by atoms with E-state index in [0.717, 1.165) is 55.4 Å². The molecule has 3 aromatic heterocycles. The maximum absolute atomic E-state index is 4.93. The maximum atomic E-state index is 4.93. The molecule has 1 aromatic carbocycles. The van der Waals surface area contributed by atoms with Gasteiger partial charge in [-0.15, -0.1) is 5.10 Å². The molecule has 0 atom stereocenters. The first kappa shape index (κ1) is 28.8. The van der Waals surface area contributed by atoms with E-state index in [1.807, 2.05) is 0 Å². The Morgan fingerprint density at radius 3 is 2.29 bits per heavy atom. The molecule has 0 bridgehead atoms. The van der Waals surface area contributed by atoms with Crippen molar-refractivity contribution < 1.29 is 0 Å². The van der Waals surface area contributed by atoms with Gasteiger partial charge in [0.15, 0.2) is 11.6 Å². The highest BCUT2D eigenvalue weighted by atomic mass is 15.5. The monoisotopic (exact) mass is 568 g/mol. The number of aromatic amines is 1. The number of benzene rings is 1. The fraction of sp³-hybridized carbons (Fsp3) is 0.618. The summed E-state index contributed by atoms with van der Waals surface area (Å²) in [6.07, 6.45) is 17.1. The highest BCUT2D eigenvalue weighted by Crippen LogP contribution is 2.44. The van der Waals surface area contributed by atoms with Crippen molar-refractivity contribution in [2.24, 2.45) is 5.92 Å². The molecule has 3 heterocycles. The number of hydrogen-bond donors (Lipinski definition) is 1. The van der Waals surface area contributed by atoms with Crippen LogP contribution in [0.4, 0.5) is 0 Å². The molecule has 0 spiro atoms. The molecule has 0 saturated heterocycles. The highest BCUT2D eigenvalue weighted by Gasteiger charge is 2.30. The summed E-state index contributed by atoms with van der Waals surface area (Å²) in [4.78, 5) is 4.93. The molecule has 2 fully saturated rings. The molecular weight excluding hydrogens is 520 g/mol. The van der Waals surface area contributed by atoms with E-state index in [1.165, 1.54) is 86.7 Å². The van der Waals surface area contributed by atoms with E-state index in [4.69, 9.17) is 10.1 Å². The fourth-order valence-corrected chi connectivity index (χ4v) is 7.20. The van der Waals surface area contributed by atoms with Crippen LogP contribution < -0.4 is 0 Å². The predicted molar refractivity (Wildman–Crippen MR) is 167 cm³/mol. The van der Waals surface area contributed by atoms with Crippen LogP contribution in [0.2, 0.25) is 0 Å². The molecule has 8 nitrogen and oxygen atoms in total. The minimum atomic E-state index is 0.548.